The molecule has 3 nitrogen and oxygen atoms in total. The molecule has 0 N–H and O–H groups in total. The molecule has 0 saturated carbocycles. The summed E-state index contributed by atoms with van der Waals surface area (Å²) < 4.78 is 2.13. The molecule has 18 heavy (non-hydrogen) atoms. The van der Waals surface area contributed by atoms with Crippen molar-refractivity contribution in [1.29, 1.82) is 5.26 Å². The van der Waals surface area contributed by atoms with Gasteiger partial charge in [-0.15, -0.1) is 0 Å². The molecule has 0 atom stereocenters. The van der Waals surface area contributed by atoms with Crippen LogP contribution in [0.4, 0.5) is 0 Å². The molecule has 3 rings (SSSR count). The zero-order chi connectivity index (χ0) is 12.7. The lowest BCUT2D eigenvalue weighted by Gasteiger charge is -2.23. The highest BCUT2D eigenvalue weighted by Gasteiger charge is 2.22. The van der Waals surface area contributed by atoms with E-state index in [1.165, 1.54) is 16.6 Å². The molecule has 1 aromatic heterocycles. The number of nitrogens with zero attached hydrogens (tertiary/aromatic N) is 3. The maximum Gasteiger partial charge on any atom is 0.110 e. The molecule has 0 amide bonds. The number of halogens is 1. The quantitative estimate of drug-likeness (QED) is 0.789. The Kier molecular flexibility index (Phi) is 2.77. The molecule has 92 valence electrons. The normalized spacial score (nSPS) is 15.6. The van der Waals surface area contributed by atoms with E-state index in [0.29, 0.717) is 6.54 Å². The molecule has 0 fully saturated rings. The van der Waals surface area contributed by atoms with Gasteiger partial charge >= 0.3 is 0 Å². The van der Waals surface area contributed by atoms with E-state index in [9.17, 15) is 0 Å². The van der Waals surface area contributed by atoms with Crippen LogP contribution in [0.5, 0.6) is 0 Å². The molecule has 1 aliphatic heterocycles. The maximum atomic E-state index is 9.00. The van der Waals surface area contributed by atoms with E-state index >= 15 is 0 Å². The standard InChI is InChI=1S/C14H14ClN3/c1-17-6-4-14-12(9-17)11-8-10(15)2-3-13(11)18(14)7-5-16/h2-3,8H,4,6-7,9H2,1H3. The van der Waals surface area contributed by atoms with Crippen LogP contribution in [0, 0.1) is 11.3 Å². The van der Waals surface area contributed by atoms with Crippen molar-refractivity contribution in [2.45, 2.75) is 19.5 Å². The minimum absolute atomic E-state index is 0.414. The molecule has 0 unspecified atom stereocenters. The Morgan fingerprint density at radius 3 is 3.06 bits per heavy atom. The molecule has 4 heteroatoms. The fourth-order valence-electron chi connectivity index (χ4n) is 2.81. The molecule has 2 heterocycles. The van der Waals surface area contributed by atoms with E-state index in [0.717, 1.165) is 30.0 Å². The zero-order valence-corrected chi connectivity index (χ0v) is 11.0. The van der Waals surface area contributed by atoms with E-state index < -0.39 is 0 Å². The van der Waals surface area contributed by atoms with Crippen LogP contribution in [0.3, 0.4) is 0 Å². The van der Waals surface area contributed by atoms with Gasteiger partial charge in [-0.05, 0) is 30.8 Å². The Labute approximate surface area is 111 Å². The first-order valence-corrected chi connectivity index (χ1v) is 6.43. The van der Waals surface area contributed by atoms with Crippen LogP contribution in [0.1, 0.15) is 11.3 Å². The van der Waals surface area contributed by atoms with E-state index in [-0.39, 0.29) is 0 Å². The number of benzene rings is 1. The van der Waals surface area contributed by atoms with Crippen LogP contribution in [0.25, 0.3) is 10.9 Å². The summed E-state index contributed by atoms with van der Waals surface area (Å²) in [5.74, 6) is 0. The molecule has 0 spiro atoms. The minimum Gasteiger partial charge on any atom is -0.330 e. The smallest absolute Gasteiger partial charge is 0.110 e. The Bertz CT molecular complexity index is 651. The average molecular weight is 260 g/mol. The van der Waals surface area contributed by atoms with Gasteiger partial charge in [-0.2, -0.15) is 5.26 Å². The van der Waals surface area contributed by atoms with Crippen LogP contribution in [0.2, 0.25) is 5.02 Å². The van der Waals surface area contributed by atoms with Gasteiger partial charge in [0.25, 0.3) is 0 Å². The predicted molar refractivity (Wildman–Crippen MR) is 72.6 cm³/mol. The number of aromatic nitrogens is 1. The maximum absolute atomic E-state index is 9.00. The highest BCUT2D eigenvalue weighted by Crippen LogP contribution is 2.32. The van der Waals surface area contributed by atoms with Gasteiger partial charge in [0.05, 0.1) is 6.07 Å². The Morgan fingerprint density at radius 1 is 1.44 bits per heavy atom. The number of nitriles is 1. The first-order valence-electron chi connectivity index (χ1n) is 6.05. The van der Waals surface area contributed by atoms with Crippen molar-refractivity contribution in [2.75, 3.05) is 13.6 Å². The molecule has 1 aromatic carbocycles. The molecule has 0 aliphatic carbocycles. The Hall–Kier alpha value is -1.50. The number of fused-ring (bicyclic) bond motifs is 3. The molecule has 1 aliphatic rings. The largest absolute Gasteiger partial charge is 0.330 e. The Morgan fingerprint density at radius 2 is 2.28 bits per heavy atom. The molecule has 2 aromatic rings. The van der Waals surface area contributed by atoms with Gasteiger partial charge in [-0.1, -0.05) is 11.6 Å². The third-order valence-electron chi connectivity index (χ3n) is 3.64. The Balaban J connectivity index is 2.30. The van der Waals surface area contributed by atoms with Gasteiger partial charge in [-0.3, -0.25) is 0 Å². The first-order chi connectivity index (χ1) is 8.70. The number of likely N-dealkylation sites (N-methyl/N-ethyl adjacent to an activating group) is 1. The molecular weight excluding hydrogens is 246 g/mol. The summed E-state index contributed by atoms with van der Waals surface area (Å²) >= 11 is 6.10. The highest BCUT2D eigenvalue weighted by atomic mass is 35.5. The lowest BCUT2D eigenvalue weighted by atomic mass is 10.1. The molecule has 0 bridgehead atoms. The van der Waals surface area contributed by atoms with Gasteiger partial charge in [0.2, 0.25) is 0 Å². The second-order valence-electron chi connectivity index (χ2n) is 4.82. The van der Waals surface area contributed by atoms with E-state index in [1.54, 1.807) is 0 Å². The zero-order valence-electron chi connectivity index (χ0n) is 10.3. The lowest BCUT2D eigenvalue weighted by Crippen LogP contribution is -2.27. The van der Waals surface area contributed by atoms with E-state index in [1.807, 2.05) is 18.2 Å². The highest BCUT2D eigenvalue weighted by molar-refractivity contribution is 6.31. The van der Waals surface area contributed by atoms with Gasteiger partial charge < -0.3 is 9.47 Å². The summed E-state index contributed by atoms with van der Waals surface area (Å²) in [4.78, 5) is 2.30. The number of hydrogen-bond donors (Lipinski definition) is 0. The number of hydrogen-bond acceptors (Lipinski definition) is 2. The first kappa shape index (κ1) is 11.6. The van der Waals surface area contributed by atoms with Crippen LogP contribution in [-0.2, 0) is 19.5 Å². The van der Waals surface area contributed by atoms with Crippen molar-refractivity contribution >= 4 is 22.5 Å². The topological polar surface area (TPSA) is 32.0 Å². The fraction of sp³-hybridized carbons (Fsp3) is 0.357. The second kappa shape index (κ2) is 4.31. The van der Waals surface area contributed by atoms with Crippen molar-refractivity contribution in [2.24, 2.45) is 0 Å². The van der Waals surface area contributed by atoms with Gasteiger partial charge in [0.1, 0.15) is 6.54 Å². The van der Waals surface area contributed by atoms with Gasteiger partial charge in [-0.25, -0.2) is 0 Å². The van der Waals surface area contributed by atoms with Crippen LogP contribution >= 0.6 is 11.6 Å². The van der Waals surface area contributed by atoms with Crippen LogP contribution in [0.15, 0.2) is 18.2 Å². The van der Waals surface area contributed by atoms with Crippen molar-refractivity contribution in [1.82, 2.24) is 9.47 Å². The van der Waals surface area contributed by atoms with E-state index in [4.69, 9.17) is 16.9 Å². The summed E-state index contributed by atoms with van der Waals surface area (Å²) in [6.45, 7) is 2.39. The summed E-state index contributed by atoms with van der Waals surface area (Å²) in [6.07, 6.45) is 1.000. The second-order valence-corrected chi connectivity index (χ2v) is 5.26. The molecular formula is C14H14ClN3. The SMILES string of the molecule is CN1CCc2c(c3cc(Cl)ccc3n2CC#N)C1. The summed E-state index contributed by atoms with van der Waals surface area (Å²) in [5.41, 5.74) is 3.75. The molecule has 0 radical (unpaired) electrons. The van der Waals surface area contributed by atoms with Crippen molar-refractivity contribution in [3.63, 3.8) is 0 Å². The molecule has 0 saturated heterocycles. The average Bonchev–Trinajstić information content (AvgIpc) is 2.64. The van der Waals surface area contributed by atoms with Gasteiger partial charge in [0, 0.05) is 41.1 Å². The van der Waals surface area contributed by atoms with Crippen LogP contribution in [-0.4, -0.2) is 23.1 Å². The lowest BCUT2D eigenvalue weighted by molar-refractivity contribution is 0.310. The van der Waals surface area contributed by atoms with Gasteiger partial charge in [0.15, 0.2) is 0 Å². The van der Waals surface area contributed by atoms with Crippen molar-refractivity contribution < 1.29 is 0 Å². The summed E-state index contributed by atoms with van der Waals surface area (Å²) in [6, 6.07) is 8.19. The summed E-state index contributed by atoms with van der Waals surface area (Å²) in [5, 5.41) is 10.9. The monoisotopic (exact) mass is 259 g/mol. The van der Waals surface area contributed by atoms with E-state index in [2.05, 4.69) is 22.6 Å². The predicted octanol–water partition coefficient (Wildman–Crippen LogP) is 2.81. The minimum atomic E-state index is 0.414. The third kappa shape index (κ3) is 1.69. The van der Waals surface area contributed by atoms with Crippen molar-refractivity contribution in [3.8, 4) is 6.07 Å². The fourth-order valence-corrected chi connectivity index (χ4v) is 2.98. The van der Waals surface area contributed by atoms with Crippen LogP contribution < -0.4 is 0 Å². The number of rotatable bonds is 1. The summed E-state index contributed by atoms with van der Waals surface area (Å²) in [7, 11) is 2.13. The third-order valence-corrected chi connectivity index (χ3v) is 3.87. The van der Waals surface area contributed by atoms with Crippen molar-refractivity contribution in [3.05, 3.63) is 34.5 Å².